The van der Waals surface area contributed by atoms with Crippen molar-refractivity contribution < 1.29 is 0 Å². The Morgan fingerprint density at radius 2 is 2.00 bits per heavy atom. The minimum absolute atomic E-state index is 0.250. The van der Waals surface area contributed by atoms with E-state index in [0.29, 0.717) is 0 Å². The second-order valence-electron chi connectivity index (χ2n) is 5.70. The topological polar surface area (TPSA) is 61.4 Å². The summed E-state index contributed by atoms with van der Waals surface area (Å²) in [4.78, 5) is 8.82. The molecule has 0 spiro atoms. The Kier molecular flexibility index (Phi) is 4.80. The first kappa shape index (κ1) is 15.4. The Morgan fingerprint density at radius 1 is 1.17 bits per heavy atom. The highest BCUT2D eigenvalue weighted by atomic mass is 15.4. The van der Waals surface area contributed by atoms with Crippen molar-refractivity contribution in [1.29, 1.82) is 0 Å². The lowest BCUT2D eigenvalue weighted by molar-refractivity contribution is 0.454. The first-order valence-electron chi connectivity index (χ1n) is 8.11. The Labute approximate surface area is 136 Å². The van der Waals surface area contributed by atoms with E-state index in [4.69, 9.17) is 10.1 Å². The molecule has 0 fully saturated rings. The second kappa shape index (κ2) is 7.17. The summed E-state index contributed by atoms with van der Waals surface area (Å²) in [6, 6.07) is 6.08. The minimum atomic E-state index is 0.250. The fraction of sp³-hybridized carbons (Fsp3) is 0.412. The highest BCUT2D eigenvalue weighted by molar-refractivity contribution is 5.53. The van der Waals surface area contributed by atoms with Crippen molar-refractivity contribution in [2.75, 3.05) is 0 Å². The number of pyridine rings is 1. The molecule has 6 nitrogen and oxygen atoms in total. The van der Waals surface area contributed by atoms with Gasteiger partial charge in [-0.15, -0.1) is 0 Å². The van der Waals surface area contributed by atoms with Gasteiger partial charge in [0.05, 0.1) is 6.04 Å². The SMILES string of the molecule is CCCCn1nc(-c2ccncc2)nc1C[C@@H](C)n1cccn1. The molecule has 3 aromatic heterocycles. The van der Waals surface area contributed by atoms with Crippen molar-refractivity contribution in [2.45, 2.75) is 45.7 Å². The summed E-state index contributed by atoms with van der Waals surface area (Å²) in [7, 11) is 0. The number of nitrogens with zero attached hydrogens (tertiary/aromatic N) is 6. The van der Waals surface area contributed by atoms with Crippen molar-refractivity contribution in [1.82, 2.24) is 29.5 Å². The van der Waals surface area contributed by atoms with Gasteiger partial charge in [-0.2, -0.15) is 10.2 Å². The largest absolute Gasteiger partial charge is 0.270 e. The monoisotopic (exact) mass is 310 g/mol. The minimum Gasteiger partial charge on any atom is -0.270 e. The Bertz CT molecular complexity index is 717. The molecule has 1 atom stereocenters. The maximum Gasteiger partial charge on any atom is 0.181 e. The van der Waals surface area contributed by atoms with Gasteiger partial charge < -0.3 is 0 Å². The predicted molar refractivity (Wildman–Crippen MR) is 88.8 cm³/mol. The van der Waals surface area contributed by atoms with Crippen LogP contribution in [0.15, 0.2) is 43.0 Å². The molecule has 0 amide bonds. The van der Waals surface area contributed by atoms with E-state index in [9.17, 15) is 0 Å². The lowest BCUT2D eigenvalue weighted by Crippen LogP contribution is -2.13. The van der Waals surface area contributed by atoms with Gasteiger partial charge in [0.25, 0.3) is 0 Å². The molecule has 0 radical (unpaired) electrons. The Balaban J connectivity index is 1.86. The van der Waals surface area contributed by atoms with Crippen LogP contribution in [0.1, 0.15) is 38.6 Å². The smallest absolute Gasteiger partial charge is 0.181 e. The third kappa shape index (κ3) is 3.64. The van der Waals surface area contributed by atoms with Crippen LogP contribution >= 0.6 is 0 Å². The number of unbranched alkanes of at least 4 members (excludes halogenated alkanes) is 1. The molecule has 3 rings (SSSR count). The van der Waals surface area contributed by atoms with Crippen LogP contribution in [-0.2, 0) is 13.0 Å². The van der Waals surface area contributed by atoms with E-state index in [-0.39, 0.29) is 6.04 Å². The van der Waals surface area contributed by atoms with Crippen LogP contribution in [0.25, 0.3) is 11.4 Å². The first-order chi connectivity index (χ1) is 11.3. The number of hydrogen-bond acceptors (Lipinski definition) is 4. The molecular weight excluding hydrogens is 288 g/mol. The fourth-order valence-electron chi connectivity index (χ4n) is 2.53. The fourth-order valence-corrected chi connectivity index (χ4v) is 2.53. The standard InChI is InChI=1S/C17H22N6/c1-3-4-11-23-16(13-14(2)22-12-5-8-19-22)20-17(21-23)15-6-9-18-10-7-15/h5-10,12,14H,3-4,11,13H2,1-2H3/t14-/m1/s1. The summed E-state index contributed by atoms with van der Waals surface area (Å²) in [6.45, 7) is 5.24. The molecule has 6 heteroatoms. The van der Waals surface area contributed by atoms with E-state index in [0.717, 1.165) is 43.0 Å². The van der Waals surface area contributed by atoms with Crippen molar-refractivity contribution in [3.8, 4) is 11.4 Å². The summed E-state index contributed by atoms with van der Waals surface area (Å²) in [5.41, 5.74) is 1.00. The Hall–Kier alpha value is -2.50. The molecule has 0 saturated carbocycles. The van der Waals surface area contributed by atoms with Gasteiger partial charge in [0.15, 0.2) is 5.82 Å². The molecule has 3 aromatic rings. The maximum atomic E-state index is 4.77. The number of hydrogen-bond donors (Lipinski definition) is 0. The molecule has 0 aromatic carbocycles. The van der Waals surface area contributed by atoms with Gasteiger partial charge >= 0.3 is 0 Å². The van der Waals surface area contributed by atoms with Crippen LogP contribution < -0.4 is 0 Å². The van der Waals surface area contributed by atoms with Crippen LogP contribution in [0.4, 0.5) is 0 Å². The first-order valence-corrected chi connectivity index (χ1v) is 8.11. The van der Waals surface area contributed by atoms with Crippen LogP contribution in [0, 0.1) is 0 Å². The molecule has 0 N–H and O–H groups in total. The molecule has 0 saturated heterocycles. The zero-order chi connectivity index (χ0) is 16.1. The number of rotatable bonds is 7. The zero-order valence-corrected chi connectivity index (χ0v) is 13.6. The molecule has 0 bridgehead atoms. The Morgan fingerprint density at radius 3 is 2.70 bits per heavy atom. The van der Waals surface area contributed by atoms with E-state index in [2.05, 4.69) is 23.9 Å². The van der Waals surface area contributed by atoms with Crippen molar-refractivity contribution in [3.63, 3.8) is 0 Å². The third-order valence-corrected chi connectivity index (χ3v) is 3.86. The van der Waals surface area contributed by atoms with Crippen LogP contribution in [0.5, 0.6) is 0 Å². The van der Waals surface area contributed by atoms with Gasteiger partial charge in [0.1, 0.15) is 5.82 Å². The lowest BCUT2D eigenvalue weighted by Gasteiger charge is -2.12. The van der Waals surface area contributed by atoms with Gasteiger partial charge in [-0.3, -0.25) is 9.67 Å². The highest BCUT2D eigenvalue weighted by Gasteiger charge is 2.15. The van der Waals surface area contributed by atoms with Crippen LogP contribution in [-0.4, -0.2) is 29.5 Å². The molecule has 3 heterocycles. The van der Waals surface area contributed by atoms with Crippen molar-refractivity contribution in [2.24, 2.45) is 0 Å². The quantitative estimate of drug-likeness (QED) is 0.672. The summed E-state index contributed by atoms with van der Waals surface area (Å²) in [5, 5.41) is 9.02. The maximum absolute atomic E-state index is 4.77. The third-order valence-electron chi connectivity index (χ3n) is 3.86. The molecule has 120 valence electrons. The van der Waals surface area contributed by atoms with E-state index < -0.39 is 0 Å². The van der Waals surface area contributed by atoms with Crippen molar-refractivity contribution in [3.05, 3.63) is 48.8 Å². The average molecular weight is 310 g/mol. The normalized spacial score (nSPS) is 12.4. The van der Waals surface area contributed by atoms with Crippen LogP contribution in [0.2, 0.25) is 0 Å². The van der Waals surface area contributed by atoms with Crippen molar-refractivity contribution >= 4 is 0 Å². The number of aromatic nitrogens is 6. The lowest BCUT2D eigenvalue weighted by atomic mass is 10.2. The summed E-state index contributed by atoms with van der Waals surface area (Å²) in [5.74, 6) is 1.78. The predicted octanol–water partition coefficient (Wildman–Crippen LogP) is 3.14. The summed E-state index contributed by atoms with van der Waals surface area (Å²) >= 11 is 0. The molecule has 0 aliphatic rings. The van der Waals surface area contributed by atoms with E-state index in [1.807, 2.05) is 33.8 Å². The zero-order valence-electron chi connectivity index (χ0n) is 13.6. The van der Waals surface area contributed by atoms with E-state index in [1.54, 1.807) is 18.6 Å². The van der Waals surface area contributed by atoms with Gasteiger partial charge in [-0.25, -0.2) is 9.67 Å². The van der Waals surface area contributed by atoms with Gasteiger partial charge in [-0.05, 0) is 31.5 Å². The second-order valence-corrected chi connectivity index (χ2v) is 5.70. The van der Waals surface area contributed by atoms with Gasteiger partial charge in [-0.1, -0.05) is 13.3 Å². The molecular formula is C17H22N6. The molecule has 0 aliphatic heterocycles. The van der Waals surface area contributed by atoms with E-state index in [1.165, 1.54) is 0 Å². The van der Waals surface area contributed by atoms with Gasteiger partial charge in [0.2, 0.25) is 0 Å². The molecule has 0 unspecified atom stereocenters. The number of aryl methyl sites for hydroxylation is 1. The molecule has 0 aliphatic carbocycles. The summed E-state index contributed by atoms with van der Waals surface area (Å²) in [6.07, 6.45) is 10.4. The van der Waals surface area contributed by atoms with Gasteiger partial charge in [0, 0.05) is 43.3 Å². The summed E-state index contributed by atoms with van der Waals surface area (Å²) < 4.78 is 4.00. The van der Waals surface area contributed by atoms with Crippen LogP contribution in [0.3, 0.4) is 0 Å². The molecule has 23 heavy (non-hydrogen) atoms. The highest BCUT2D eigenvalue weighted by Crippen LogP contribution is 2.18. The van der Waals surface area contributed by atoms with E-state index >= 15 is 0 Å². The average Bonchev–Trinajstić information content (AvgIpc) is 3.24.